The minimum atomic E-state index is -2.97. The van der Waals surface area contributed by atoms with Gasteiger partial charge in [0.2, 0.25) is 0 Å². The third-order valence-electron chi connectivity index (χ3n) is 3.13. The van der Waals surface area contributed by atoms with Crippen LogP contribution in [0.25, 0.3) is 0 Å². The molecule has 0 saturated carbocycles. The number of hydrogen-bond acceptors (Lipinski definition) is 6. The first-order valence-corrected chi connectivity index (χ1v) is 7.69. The lowest BCUT2D eigenvalue weighted by Crippen LogP contribution is -2.41. The van der Waals surface area contributed by atoms with E-state index >= 15 is 0 Å². The van der Waals surface area contributed by atoms with Gasteiger partial charge in [-0.3, -0.25) is 0 Å². The van der Waals surface area contributed by atoms with E-state index < -0.39 is 15.8 Å². The molecule has 6 nitrogen and oxygen atoms in total. The summed E-state index contributed by atoms with van der Waals surface area (Å²) in [5.74, 6) is -0.333. The van der Waals surface area contributed by atoms with Crippen molar-refractivity contribution < 1.29 is 17.9 Å². The maximum Gasteiger partial charge on any atom is 0.340 e. The molecule has 0 spiro atoms. The highest BCUT2D eigenvalue weighted by Gasteiger charge is 2.26. The standard InChI is InChI=1S/C12H16N2O4S/c1-18-12(15)9-3-2-4-10(13)11(9)14-5-7-19(16,17)8-6-14/h2-4H,5-8,13H2,1H3. The van der Waals surface area contributed by atoms with Crippen LogP contribution >= 0.6 is 0 Å². The van der Waals surface area contributed by atoms with Gasteiger partial charge >= 0.3 is 5.97 Å². The lowest BCUT2D eigenvalue weighted by atomic mass is 10.1. The summed E-state index contributed by atoms with van der Waals surface area (Å²) in [4.78, 5) is 13.6. The van der Waals surface area contributed by atoms with Crippen molar-refractivity contribution >= 4 is 27.2 Å². The lowest BCUT2D eigenvalue weighted by Gasteiger charge is -2.30. The van der Waals surface area contributed by atoms with Gasteiger partial charge in [-0.25, -0.2) is 13.2 Å². The highest BCUT2D eigenvalue weighted by molar-refractivity contribution is 7.91. The fraction of sp³-hybridized carbons (Fsp3) is 0.417. The quantitative estimate of drug-likeness (QED) is 0.620. The van der Waals surface area contributed by atoms with Crippen molar-refractivity contribution in [1.82, 2.24) is 0 Å². The molecule has 1 heterocycles. The predicted molar refractivity (Wildman–Crippen MR) is 73.1 cm³/mol. The third kappa shape index (κ3) is 2.81. The second kappa shape index (κ2) is 5.08. The molecule has 0 bridgehead atoms. The van der Waals surface area contributed by atoms with Crippen molar-refractivity contribution in [3.63, 3.8) is 0 Å². The maximum absolute atomic E-state index is 11.7. The number of hydrogen-bond donors (Lipinski definition) is 1. The molecule has 0 atom stereocenters. The first kappa shape index (κ1) is 13.7. The van der Waals surface area contributed by atoms with Crippen LogP contribution in [-0.2, 0) is 14.6 Å². The number of anilines is 2. The Balaban J connectivity index is 2.37. The molecule has 0 amide bonds. The van der Waals surface area contributed by atoms with Crippen LogP contribution in [0.4, 0.5) is 11.4 Å². The Bertz CT molecular complexity index is 584. The van der Waals surface area contributed by atoms with Crippen LogP contribution in [0.2, 0.25) is 0 Å². The van der Waals surface area contributed by atoms with E-state index in [1.807, 2.05) is 4.90 Å². The Morgan fingerprint density at radius 3 is 2.53 bits per heavy atom. The number of para-hydroxylation sites is 1. The molecule has 0 aliphatic carbocycles. The highest BCUT2D eigenvalue weighted by atomic mass is 32.2. The predicted octanol–water partition coefficient (Wildman–Crippen LogP) is 0.290. The van der Waals surface area contributed by atoms with Crippen molar-refractivity contribution in [3.05, 3.63) is 23.8 Å². The van der Waals surface area contributed by atoms with Gasteiger partial charge in [0, 0.05) is 13.1 Å². The number of benzene rings is 1. The zero-order valence-electron chi connectivity index (χ0n) is 10.6. The minimum absolute atomic E-state index is 0.0714. The normalized spacial score (nSPS) is 18.1. The molecular weight excluding hydrogens is 268 g/mol. The average molecular weight is 284 g/mol. The smallest absolute Gasteiger partial charge is 0.340 e. The van der Waals surface area contributed by atoms with E-state index in [9.17, 15) is 13.2 Å². The number of sulfone groups is 1. The Kier molecular flexibility index (Phi) is 3.66. The van der Waals surface area contributed by atoms with Crippen LogP contribution in [-0.4, -0.2) is 46.1 Å². The summed E-state index contributed by atoms with van der Waals surface area (Å²) in [5, 5.41) is 0. The number of nitrogens with two attached hydrogens (primary N) is 1. The maximum atomic E-state index is 11.7. The molecule has 2 rings (SSSR count). The van der Waals surface area contributed by atoms with Crippen molar-refractivity contribution in [2.45, 2.75) is 0 Å². The van der Waals surface area contributed by atoms with Crippen molar-refractivity contribution in [1.29, 1.82) is 0 Å². The number of nitrogen functional groups attached to an aromatic ring is 1. The number of ether oxygens (including phenoxy) is 1. The van der Waals surface area contributed by atoms with Gasteiger partial charge in [0.15, 0.2) is 9.84 Å². The van der Waals surface area contributed by atoms with Crippen LogP contribution < -0.4 is 10.6 Å². The molecule has 1 aromatic rings. The second-order valence-corrected chi connectivity index (χ2v) is 6.68. The third-order valence-corrected chi connectivity index (χ3v) is 4.74. The largest absolute Gasteiger partial charge is 0.465 e. The van der Waals surface area contributed by atoms with Crippen LogP contribution in [0.3, 0.4) is 0 Å². The van der Waals surface area contributed by atoms with Gasteiger partial charge in [0.25, 0.3) is 0 Å². The van der Waals surface area contributed by atoms with E-state index in [1.165, 1.54) is 7.11 Å². The van der Waals surface area contributed by atoms with Crippen LogP contribution in [0.15, 0.2) is 18.2 Å². The molecule has 104 valence electrons. The van der Waals surface area contributed by atoms with Gasteiger partial charge in [-0.15, -0.1) is 0 Å². The van der Waals surface area contributed by atoms with Gasteiger partial charge in [-0.2, -0.15) is 0 Å². The highest BCUT2D eigenvalue weighted by Crippen LogP contribution is 2.29. The first-order chi connectivity index (χ1) is 8.94. The molecule has 1 aliphatic rings. The van der Waals surface area contributed by atoms with E-state index in [-0.39, 0.29) is 11.5 Å². The summed E-state index contributed by atoms with van der Waals surface area (Å²) in [7, 11) is -1.67. The monoisotopic (exact) mass is 284 g/mol. The zero-order valence-corrected chi connectivity index (χ0v) is 11.4. The number of esters is 1. The van der Waals surface area contributed by atoms with Gasteiger partial charge < -0.3 is 15.4 Å². The molecule has 2 N–H and O–H groups in total. The number of carbonyl (C=O) groups excluding carboxylic acids is 1. The molecule has 0 unspecified atom stereocenters. The fourth-order valence-electron chi connectivity index (χ4n) is 2.12. The van der Waals surface area contributed by atoms with E-state index in [2.05, 4.69) is 0 Å². The molecule has 7 heteroatoms. The molecule has 1 saturated heterocycles. The lowest BCUT2D eigenvalue weighted by molar-refractivity contribution is 0.0601. The number of nitrogens with zero attached hydrogens (tertiary/aromatic N) is 1. The van der Waals surface area contributed by atoms with Crippen LogP contribution in [0.5, 0.6) is 0 Å². The topological polar surface area (TPSA) is 89.7 Å². The molecule has 19 heavy (non-hydrogen) atoms. The zero-order chi connectivity index (χ0) is 14.0. The van der Waals surface area contributed by atoms with E-state index in [1.54, 1.807) is 18.2 Å². The van der Waals surface area contributed by atoms with Crippen LogP contribution in [0, 0.1) is 0 Å². The summed E-state index contributed by atoms with van der Waals surface area (Å²) >= 11 is 0. The molecule has 0 aromatic heterocycles. The molecule has 0 radical (unpaired) electrons. The molecule has 1 aromatic carbocycles. The fourth-order valence-corrected chi connectivity index (χ4v) is 3.33. The van der Waals surface area contributed by atoms with Gasteiger partial charge in [0.05, 0.1) is 35.6 Å². The SMILES string of the molecule is COC(=O)c1cccc(N)c1N1CCS(=O)(=O)CC1. The summed E-state index contributed by atoms with van der Waals surface area (Å²) < 4.78 is 27.6. The summed E-state index contributed by atoms with van der Waals surface area (Å²) in [6, 6.07) is 4.98. The van der Waals surface area contributed by atoms with Crippen molar-refractivity contribution in [3.8, 4) is 0 Å². The summed E-state index contributed by atoms with van der Waals surface area (Å²) in [6.07, 6.45) is 0. The average Bonchev–Trinajstić information content (AvgIpc) is 2.38. The van der Waals surface area contributed by atoms with Crippen molar-refractivity contribution in [2.24, 2.45) is 0 Å². The molecule has 1 aliphatic heterocycles. The van der Waals surface area contributed by atoms with Crippen molar-refractivity contribution in [2.75, 3.05) is 42.3 Å². The molecular formula is C12H16N2O4S. The Morgan fingerprint density at radius 1 is 1.32 bits per heavy atom. The summed E-state index contributed by atoms with van der Waals surface area (Å²) in [6.45, 7) is 0.668. The Labute approximate surface area is 112 Å². The van der Waals surface area contributed by atoms with Gasteiger partial charge in [-0.1, -0.05) is 6.07 Å². The van der Waals surface area contributed by atoms with Crippen LogP contribution in [0.1, 0.15) is 10.4 Å². The minimum Gasteiger partial charge on any atom is -0.465 e. The number of rotatable bonds is 2. The summed E-state index contributed by atoms with van der Waals surface area (Å²) in [5.41, 5.74) is 7.28. The first-order valence-electron chi connectivity index (χ1n) is 5.87. The molecule has 1 fully saturated rings. The number of methoxy groups -OCH3 is 1. The Morgan fingerprint density at radius 2 is 1.95 bits per heavy atom. The number of carbonyl (C=O) groups is 1. The second-order valence-electron chi connectivity index (χ2n) is 4.37. The Hall–Kier alpha value is -1.76. The van der Waals surface area contributed by atoms with E-state index in [0.29, 0.717) is 30.0 Å². The van der Waals surface area contributed by atoms with E-state index in [4.69, 9.17) is 10.5 Å². The van der Waals surface area contributed by atoms with E-state index in [0.717, 1.165) is 0 Å². The van der Waals surface area contributed by atoms with Gasteiger partial charge in [-0.05, 0) is 12.1 Å². The van der Waals surface area contributed by atoms with Gasteiger partial charge in [0.1, 0.15) is 0 Å².